The number of nitriles is 1. The lowest BCUT2D eigenvalue weighted by atomic mass is 10.1. The molecule has 2 aromatic rings. The van der Waals surface area contributed by atoms with E-state index in [0.29, 0.717) is 11.3 Å². The Morgan fingerprint density at radius 2 is 1.86 bits per heavy atom. The molecule has 21 heavy (non-hydrogen) atoms. The maximum absolute atomic E-state index is 12.4. The number of rotatable bonds is 3. The number of anilines is 1. The van der Waals surface area contributed by atoms with E-state index in [4.69, 9.17) is 16.9 Å². The molecule has 0 aliphatic rings. The summed E-state index contributed by atoms with van der Waals surface area (Å²) in [7, 11) is -3.80. The van der Waals surface area contributed by atoms with Crippen molar-refractivity contribution in [1.82, 2.24) is 0 Å². The zero-order valence-corrected chi connectivity index (χ0v) is 13.1. The normalized spacial score (nSPS) is 11.0. The van der Waals surface area contributed by atoms with E-state index in [1.807, 2.05) is 32.0 Å². The predicted octanol–water partition coefficient (Wildman–Crippen LogP) is 3.63. The van der Waals surface area contributed by atoms with Gasteiger partial charge in [-0.25, -0.2) is 8.42 Å². The van der Waals surface area contributed by atoms with Crippen LogP contribution in [-0.2, 0) is 10.0 Å². The van der Waals surface area contributed by atoms with Crippen LogP contribution in [0.1, 0.15) is 16.7 Å². The van der Waals surface area contributed by atoms with E-state index in [9.17, 15) is 8.42 Å². The first-order valence-electron chi connectivity index (χ1n) is 6.13. The summed E-state index contributed by atoms with van der Waals surface area (Å²) in [5.74, 6) is 0. The Morgan fingerprint density at radius 3 is 2.48 bits per heavy atom. The largest absolute Gasteiger partial charge is 0.279 e. The topological polar surface area (TPSA) is 70.0 Å². The quantitative estimate of drug-likeness (QED) is 0.938. The first-order valence-corrected chi connectivity index (χ1v) is 7.99. The van der Waals surface area contributed by atoms with Crippen LogP contribution >= 0.6 is 11.6 Å². The Hall–Kier alpha value is -2.03. The first-order chi connectivity index (χ1) is 9.83. The number of benzene rings is 2. The third-order valence-corrected chi connectivity index (χ3v) is 4.84. The lowest BCUT2D eigenvalue weighted by Crippen LogP contribution is -2.14. The monoisotopic (exact) mass is 320 g/mol. The molecule has 0 heterocycles. The minimum Gasteiger partial charge on any atom is -0.279 e. The minimum absolute atomic E-state index is 0.0202. The fraction of sp³-hybridized carbons (Fsp3) is 0.133. The fourth-order valence-electron chi connectivity index (χ4n) is 1.83. The van der Waals surface area contributed by atoms with E-state index in [-0.39, 0.29) is 9.92 Å². The van der Waals surface area contributed by atoms with Gasteiger partial charge in [-0.2, -0.15) is 5.26 Å². The molecule has 0 saturated carbocycles. The summed E-state index contributed by atoms with van der Waals surface area (Å²) in [6.45, 7) is 3.70. The molecule has 0 bridgehead atoms. The van der Waals surface area contributed by atoms with Gasteiger partial charge in [0.1, 0.15) is 4.90 Å². The number of hydrogen-bond acceptors (Lipinski definition) is 3. The third-order valence-electron chi connectivity index (χ3n) is 2.99. The van der Waals surface area contributed by atoms with E-state index in [0.717, 1.165) is 11.1 Å². The van der Waals surface area contributed by atoms with Crippen LogP contribution in [0.3, 0.4) is 0 Å². The average Bonchev–Trinajstić information content (AvgIpc) is 2.42. The molecule has 0 saturated heterocycles. The van der Waals surface area contributed by atoms with E-state index in [1.54, 1.807) is 6.07 Å². The Balaban J connectivity index is 2.44. The van der Waals surface area contributed by atoms with Crippen LogP contribution in [0.2, 0.25) is 5.02 Å². The highest BCUT2D eigenvalue weighted by Gasteiger charge is 2.19. The first kappa shape index (κ1) is 15.4. The van der Waals surface area contributed by atoms with Gasteiger partial charge in [0.25, 0.3) is 10.0 Å². The van der Waals surface area contributed by atoms with Crippen LogP contribution in [0.4, 0.5) is 5.69 Å². The van der Waals surface area contributed by atoms with Crippen molar-refractivity contribution in [3.63, 3.8) is 0 Å². The van der Waals surface area contributed by atoms with E-state index < -0.39 is 10.0 Å². The lowest BCUT2D eigenvalue weighted by Gasteiger charge is -2.12. The van der Waals surface area contributed by atoms with E-state index in [1.165, 1.54) is 18.2 Å². The maximum Gasteiger partial charge on any atom is 0.263 e. The van der Waals surface area contributed by atoms with Gasteiger partial charge in [0.05, 0.1) is 22.3 Å². The SMILES string of the molecule is Cc1ccc(C)c(NS(=O)(=O)c2ccc(C#N)cc2Cl)c1. The average molecular weight is 321 g/mol. The molecule has 2 aromatic carbocycles. The highest BCUT2D eigenvalue weighted by Crippen LogP contribution is 2.26. The summed E-state index contributed by atoms with van der Waals surface area (Å²) in [6, 6.07) is 11.5. The summed E-state index contributed by atoms with van der Waals surface area (Å²) in [5, 5.41) is 8.80. The molecule has 0 aromatic heterocycles. The smallest absolute Gasteiger partial charge is 0.263 e. The summed E-state index contributed by atoms with van der Waals surface area (Å²) in [4.78, 5) is -0.0518. The molecule has 1 N–H and O–H groups in total. The number of halogens is 1. The number of aryl methyl sites for hydroxylation is 2. The van der Waals surface area contributed by atoms with Gasteiger partial charge in [0, 0.05) is 0 Å². The Morgan fingerprint density at radius 1 is 1.14 bits per heavy atom. The third kappa shape index (κ3) is 3.35. The van der Waals surface area contributed by atoms with Crippen molar-refractivity contribution in [2.24, 2.45) is 0 Å². The summed E-state index contributed by atoms with van der Waals surface area (Å²) >= 11 is 5.96. The summed E-state index contributed by atoms with van der Waals surface area (Å²) in [5.41, 5.74) is 2.58. The van der Waals surface area contributed by atoms with Gasteiger partial charge < -0.3 is 0 Å². The Kier molecular flexibility index (Phi) is 4.21. The molecule has 108 valence electrons. The van der Waals surface area contributed by atoms with E-state index >= 15 is 0 Å². The van der Waals surface area contributed by atoms with Crippen molar-refractivity contribution in [1.29, 1.82) is 5.26 Å². The van der Waals surface area contributed by atoms with Crippen LogP contribution in [0.15, 0.2) is 41.3 Å². The van der Waals surface area contributed by atoms with Gasteiger partial charge in [0.2, 0.25) is 0 Å². The molecule has 0 aliphatic heterocycles. The summed E-state index contributed by atoms with van der Waals surface area (Å²) < 4.78 is 27.3. The van der Waals surface area contributed by atoms with Crippen molar-refractivity contribution in [3.05, 3.63) is 58.1 Å². The molecule has 0 unspecified atom stereocenters. The van der Waals surface area contributed by atoms with Gasteiger partial charge in [-0.1, -0.05) is 23.7 Å². The molecule has 0 spiro atoms. The molecule has 0 atom stereocenters. The van der Waals surface area contributed by atoms with E-state index in [2.05, 4.69) is 4.72 Å². The molecular formula is C15H13ClN2O2S. The molecule has 0 radical (unpaired) electrons. The van der Waals surface area contributed by atoms with Gasteiger partial charge in [-0.15, -0.1) is 0 Å². The molecule has 2 rings (SSSR count). The van der Waals surface area contributed by atoms with Crippen molar-refractivity contribution in [3.8, 4) is 6.07 Å². The standard InChI is InChI=1S/C15H13ClN2O2S/c1-10-3-4-11(2)14(7-10)18-21(19,20)15-6-5-12(9-17)8-13(15)16/h3-8,18H,1-2H3. The van der Waals surface area contributed by atoms with Crippen LogP contribution < -0.4 is 4.72 Å². The van der Waals surface area contributed by atoms with Crippen molar-refractivity contribution in [2.75, 3.05) is 4.72 Å². The maximum atomic E-state index is 12.4. The molecule has 4 nitrogen and oxygen atoms in total. The fourth-order valence-corrected chi connectivity index (χ4v) is 3.50. The van der Waals surface area contributed by atoms with Gasteiger partial charge in [0.15, 0.2) is 0 Å². The minimum atomic E-state index is -3.80. The van der Waals surface area contributed by atoms with Gasteiger partial charge >= 0.3 is 0 Å². The van der Waals surface area contributed by atoms with Crippen molar-refractivity contribution >= 4 is 27.3 Å². The second kappa shape index (κ2) is 5.76. The second-order valence-corrected chi connectivity index (χ2v) is 6.74. The zero-order valence-electron chi connectivity index (χ0n) is 11.5. The van der Waals surface area contributed by atoms with Crippen molar-refractivity contribution in [2.45, 2.75) is 18.7 Å². The van der Waals surface area contributed by atoms with Gasteiger partial charge in [-0.05, 0) is 49.2 Å². The highest BCUT2D eigenvalue weighted by atomic mass is 35.5. The molecular weight excluding hydrogens is 308 g/mol. The highest BCUT2D eigenvalue weighted by molar-refractivity contribution is 7.92. The van der Waals surface area contributed by atoms with Gasteiger partial charge in [-0.3, -0.25) is 4.72 Å². The number of sulfonamides is 1. The second-order valence-electron chi connectivity index (χ2n) is 4.68. The Bertz CT molecular complexity index is 839. The lowest BCUT2D eigenvalue weighted by molar-refractivity contribution is 0.601. The molecule has 0 aliphatic carbocycles. The zero-order chi connectivity index (χ0) is 15.6. The molecule has 0 amide bonds. The number of hydrogen-bond donors (Lipinski definition) is 1. The molecule has 6 heteroatoms. The van der Waals surface area contributed by atoms with Crippen LogP contribution in [0.5, 0.6) is 0 Å². The number of nitrogens with zero attached hydrogens (tertiary/aromatic N) is 1. The van der Waals surface area contributed by atoms with Crippen LogP contribution in [-0.4, -0.2) is 8.42 Å². The van der Waals surface area contributed by atoms with Crippen LogP contribution in [0.25, 0.3) is 0 Å². The van der Waals surface area contributed by atoms with Crippen LogP contribution in [0, 0.1) is 25.2 Å². The summed E-state index contributed by atoms with van der Waals surface area (Å²) in [6.07, 6.45) is 0. The Labute approximate surface area is 129 Å². The molecule has 0 fully saturated rings. The predicted molar refractivity (Wildman–Crippen MR) is 82.9 cm³/mol. The van der Waals surface area contributed by atoms with Crippen molar-refractivity contribution < 1.29 is 8.42 Å². The number of nitrogens with one attached hydrogen (secondary N) is 1.